The van der Waals surface area contributed by atoms with Crippen LogP contribution in [0.2, 0.25) is 0 Å². The van der Waals surface area contributed by atoms with E-state index in [0.717, 1.165) is 57.5 Å². The van der Waals surface area contributed by atoms with Crippen LogP contribution in [0.4, 0.5) is 17.1 Å². The van der Waals surface area contributed by atoms with Gasteiger partial charge in [-0.2, -0.15) is 0 Å². The molecule has 4 rings (SSSR count). The highest BCUT2D eigenvalue weighted by Crippen LogP contribution is 2.29. The minimum Gasteiger partial charge on any atom is -0.371 e. The largest absolute Gasteiger partial charge is 0.371 e. The van der Waals surface area contributed by atoms with Gasteiger partial charge in [0.05, 0.1) is 10.5 Å². The highest BCUT2D eigenvalue weighted by Gasteiger charge is 2.25. The number of nitrogens with one attached hydrogen (secondary N) is 1. The zero-order valence-corrected chi connectivity index (χ0v) is 17.4. The second-order valence-corrected chi connectivity index (χ2v) is 8.04. The van der Waals surface area contributed by atoms with Crippen LogP contribution in [0.15, 0.2) is 42.5 Å². The number of carbonyl (C=O) groups excluding carboxylic acids is 2. The quantitative estimate of drug-likeness (QED) is 0.579. The van der Waals surface area contributed by atoms with Gasteiger partial charge in [0, 0.05) is 55.2 Å². The van der Waals surface area contributed by atoms with E-state index in [1.807, 2.05) is 11.0 Å². The van der Waals surface area contributed by atoms with Gasteiger partial charge in [-0.15, -0.1) is 0 Å². The van der Waals surface area contributed by atoms with Crippen LogP contribution in [-0.4, -0.2) is 47.8 Å². The van der Waals surface area contributed by atoms with Crippen LogP contribution in [0.5, 0.6) is 0 Å². The van der Waals surface area contributed by atoms with Crippen LogP contribution in [0.25, 0.3) is 0 Å². The Morgan fingerprint density at radius 3 is 2.32 bits per heavy atom. The van der Waals surface area contributed by atoms with Crippen molar-refractivity contribution in [3.8, 4) is 0 Å². The van der Waals surface area contributed by atoms with Gasteiger partial charge < -0.3 is 15.1 Å². The molecule has 2 saturated heterocycles. The van der Waals surface area contributed by atoms with E-state index in [-0.39, 0.29) is 17.2 Å². The second-order valence-electron chi connectivity index (χ2n) is 8.04. The molecule has 2 fully saturated rings. The number of nitrogens with zero attached hydrogens (tertiary/aromatic N) is 3. The van der Waals surface area contributed by atoms with Crippen LogP contribution in [0.1, 0.15) is 52.8 Å². The highest BCUT2D eigenvalue weighted by molar-refractivity contribution is 6.06. The molecule has 2 amide bonds. The van der Waals surface area contributed by atoms with Gasteiger partial charge in [-0.25, -0.2) is 0 Å². The first-order chi connectivity index (χ1) is 15.0. The van der Waals surface area contributed by atoms with E-state index in [1.165, 1.54) is 30.7 Å². The van der Waals surface area contributed by atoms with Crippen molar-refractivity contribution in [3.63, 3.8) is 0 Å². The molecule has 2 aromatic carbocycles. The summed E-state index contributed by atoms with van der Waals surface area (Å²) in [5.74, 6) is -0.460. The van der Waals surface area contributed by atoms with Crippen LogP contribution in [0, 0.1) is 10.1 Å². The Kier molecular flexibility index (Phi) is 6.16. The van der Waals surface area contributed by atoms with E-state index >= 15 is 0 Å². The van der Waals surface area contributed by atoms with Gasteiger partial charge in [-0.1, -0.05) is 6.07 Å². The van der Waals surface area contributed by atoms with Gasteiger partial charge in [-0.3, -0.25) is 19.7 Å². The molecule has 2 aromatic rings. The molecule has 8 heteroatoms. The van der Waals surface area contributed by atoms with Crippen LogP contribution >= 0.6 is 0 Å². The molecule has 2 aliphatic heterocycles. The van der Waals surface area contributed by atoms with E-state index in [4.69, 9.17) is 0 Å². The van der Waals surface area contributed by atoms with Crippen LogP contribution in [0.3, 0.4) is 0 Å². The molecular formula is C23H26N4O4. The number of hydrogen-bond acceptors (Lipinski definition) is 5. The Morgan fingerprint density at radius 2 is 1.61 bits per heavy atom. The second kappa shape index (κ2) is 9.16. The van der Waals surface area contributed by atoms with E-state index in [2.05, 4.69) is 10.2 Å². The summed E-state index contributed by atoms with van der Waals surface area (Å²) in [6.07, 6.45) is 5.41. The zero-order valence-electron chi connectivity index (χ0n) is 17.4. The number of rotatable bonds is 5. The lowest BCUT2D eigenvalue weighted by molar-refractivity contribution is -0.384. The van der Waals surface area contributed by atoms with Gasteiger partial charge >= 0.3 is 0 Å². The third-order valence-electron chi connectivity index (χ3n) is 5.89. The molecule has 2 aliphatic rings. The summed E-state index contributed by atoms with van der Waals surface area (Å²) in [4.78, 5) is 40.5. The third-order valence-corrected chi connectivity index (χ3v) is 5.89. The average molecular weight is 422 g/mol. The number of anilines is 2. The lowest BCUT2D eigenvalue weighted by Gasteiger charge is -2.31. The summed E-state index contributed by atoms with van der Waals surface area (Å²) >= 11 is 0. The van der Waals surface area contributed by atoms with Gasteiger partial charge in [0.2, 0.25) is 0 Å². The Labute approximate surface area is 181 Å². The summed E-state index contributed by atoms with van der Waals surface area (Å²) in [5, 5.41) is 13.8. The molecule has 0 atom stereocenters. The smallest absolute Gasteiger partial charge is 0.270 e. The van der Waals surface area contributed by atoms with Crippen molar-refractivity contribution in [1.29, 1.82) is 0 Å². The number of non-ortho nitro benzene ring substituents is 1. The van der Waals surface area contributed by atoms with Gasteiger partial charge in [0.15, 0.2) is 0 Å². The number of hydrogen-bond donors (Lipinski definition) is 1. The maximum absolute atomic E-state index is 13.2. The molecule has 162 valence electrons. The minimum absolute atomic E-state index is 0.00970. The maximum atomic E-state index is 13.2. The number of likely N-dealkylation sites (tertiary alicyclic amines) is 1. The molecule has 8 nitrogen and oxygen atoms in total. The Bertz CT molecular complexity index is 995. The molecule has 0 aromatic heterocycles. The van der Waals surface area contributed by atoms with Gasteiger partial charge in [-0.05, 0) is 56.4 Å². The van der Waals surface area contributed by atoms with Crippen molar-refractivity contribution in [3.05, 3.63) is 63.7 Å². The van der Waals surface area contributed by atoms with Crippen molar-refractivity contribution in [2.45, 2.75) is 32.1 Å². The average Bonchev–Trinajstić information content (AvgIpc) is 3.34. The number of amides is 2. The van der Waals surface area contributed by atoms with E-state index < -0.39 is 10.8 Å². The van der Waals surface area contributed by atoms with Gasteiger partial charge in [0.25, 0.3) is 17.5 Å². The summed E-state index contributed by atoms with van der Waals surface area (Å²) in [5.41, 5.74) is 2.06. The van der Waals surface area contributed by atoms with Gasteiger partial charge in [0.1, 0.15) is 0 Å². The zero-order chi connectivity index (χ0) is 21.8. The fraction of sp³-hybridized carbons (Fsp3) is 0.391. The lowest BCUT2D eigenvalue weighted by atomic mass is 10.0. The summed E-state index contributed by atoms with van der Waals surface area (Å²) in [6, 6.07) is 11.0. The van der Waals surface area contributed by atoms with Crippen molar-refractivity contribution >= 4 is 28.9 Å². The molecule has 1 N–H and O–H groups in total. The number of carbonyl (C=O) groups is 2. The number of nitro groups is 1. The maximum Gasteiger partial charge on any atom is 0.270 e. The standard InChI is InChI=1S/C23H26N4O4/c28-22(17-7-6-8-19(15-17)27(30)31)24-18-9-10-21(25-11-2-1-3-12-25)20(16-18)23(29)26-13-4-5-14-26/h6-10,15-16H,1-5,11-14H2,(H,24,28). The Morgan fingerprint density at radius 1 is 0.903 bits per heavy atom. The van der Waals surface area contributed by atoms with Crippen LogP contribution < -0.4 is 10.2 Å². The Balaban J connectivity index is 1.61. The predicted octanol–water partition coefficient (Wildman–Crippen LogP) is 4.07. The fourth-order valence-electron chi connectivity index (χ4n) is 4.25. The Hall–Kier alpha value is -3.42. The molecule has 0 radical (unpaired) electrons. The summed E-state index contributed by atoms with van der Waals surface area (Å²) in [7, 11) is 0. The molecule has 0 aliphatic carbocycles. The number of piperidine rings is 1. The van der Waals surface area contributed by atoms with Crippen molar-refractivity contribution in [1.82, 2.24) is 4.90 Å². The molecule has 0 spiro atoms. The molecule has 31 heavy (non-hydrogen) atoms. The molecule has 0 bridgehead atoms. The molecule has 0 unspecified atom stereocenters. The summed E-state index contributed by atoms with van der Waals surface area (Å²) in [6.45, 7) is 3.34. The van der Waals surface area contributed by atoms with E-state index in [9.17, 15) is 19.7 Å². The van der Waals surface area contributed by atoms with Crippen molar-refractivity contribution < 1.29 is 14.5 Å². The minimum atomic E-state index is -0.531. The normalized spacial score (nSPS) is 16.3. The number of benzene rings is 2. The molecule has 0 saturated carbocycles. The van der Waals surface area contributed by atoms with Crippen LogP contribution in [-0.2, 0) is 0 Å². The third kappa shape index (κ3) is 4.68. The topological polar surface area (TPSA) is 95.8 Å². The first kappa shape index (κ1) is 20.8. The number of nitro benzene ring substituents is 1. The first-order valence-electron chi connectivity index (χ1n) is 10.8. The monoisotopic (exact) mass is 422 g/mol. The van der Waals surface area contributed by atoms with E-state index in [0.29, 0.717) is 11.3 Å². The van der Waals surface area contributed by atoms with Crippen molar-refractivity contribution in [2.24, 2.45) is 0 Å². The van der Waals surface area contributed by atoms with Crippen molar-refractivity contribution in [2.75, 3.05) is 36.4 Å². The van der Waals surface area contributed by atoms with E-state index in [1.54, 1.807) is 12.1 Å². The lowest BCUT2D eigenvalue weighted by Crippen LogP contribution is -2.34. The predicted molar refractivity (Wildman–Crippen MR) is 119 cm³/mol. The summed E-state index contributed by atoms with van der Waals surface area (Å²) < 4.78 is 0. The SMILES string of the molecule is O=C(Nc1ccc(N2CCCCC2)c(C(=O)N2CCCC2)c1)c1cccc([N+](=O)[O-])c1. The molecule has 2 heterocycles. The fourth-order valence-corrected chi connectivity index (χ4v) is 4.25. The first-order valence-corrected chi connectivity index (χ1v) is 10.8. The molecular weight excluding hydrogens is 396 g/mol. The highest BCUT2D eigenvalue weighted by atomic mass is 16.6.